The summed E-state index contributed by atoms with van der Waals surface area (Å²) in [6.45, 7) is 6.88. The molecule has 0 unspecified atom stereocenters. The highest BCUT2D eigenvalue weighted by Crippen LogP contribution is 2.21. The van der Waals surface area contributed by atoms with Crippen molar-refractivity contribution in [1.29, 1.82) is 0 Å². The van der Waals surface area contributed by atoms with E-state index in [1.54, 1.807) is 18.5 Å². The molecule has 0 spiro atoms. The van der Waals surface area contributed by atoms with Crippen molar-refractivity contribution in [3.8, 4) is 10.8 Å². The minimum atomic E-state index is 0.121. The first-order valence-corrected chi connectivity index (χ1v) is 9.25. The lowest BCUT2D eigenvalue weighted by Gasteiger charge is -2.33. The van der Waals surface area contributed by atoms with Gasteiger partial charge in [-0.3, -0.25) is 4.79 Å². The first kappa shape index (κ1) is 17.0. The molecule has 1 fully saturated rings. The minimum Gasteiger partial charge on any atom is -0.350 e. The molecule has 0 radical (unpaired) electrons. The van der Waals surface area contributed by atoms with E-state index in [1.165, 1.54) is 11.3 Å². The number of likely N-dealkylation sites (tertiary alicyclic amines) is 1. The van der Waals surface area contributed by atoms with Crippen LogP contribution in [-0.2, 0) is 11.3 Å². The number of carbonyl (C=O) groups excluding carboxylic acids is 1. The maximum atomic E-state index is 12.3. The number of rotatable bonds is 5. The van der Waals surface area contributed by atoms with Gasteiger partial charge < -0.3 is 10.2 Å². The normalized spacial score (nSPS) is 16.5. The number of hydrogen-bond acceptors (Lipinski definition) is 6. The van der Waals surface area contributed by atoms with E-state index in [0.29, 0.717) is 18.4 Å². The number of piperidine rings is 1. The van der Waals surface area contributed by atoms with E-state index in [-0.39, 0.29) is 11.8 Å². The smallest absolute Gasteiger partial charge is 0.223 e. The highest BCUT2D eigenvalue weighted by atomic mass is 32.1. The second-order valence-electron chi connectivity index (χ2n) is 6.34. The summed E-state index contributed by atoms with van der Waals surface area (Å²) < 4.78 is 0. The third kappa shape index (κ3) is 4.15. The van der Waals surface area contributed by atoms with Crippen molar-refractivity contribution in [2.24, 2.45) is 5.92 Å². The number of amides is 1. The van der Waals surface area contributed by atoms with Gasteiger partial charge in [-0.1, -0.05) is 0 Å². The average molecular weight is 345 g/mol. The maximum absolute atomic E-state index is 12.3. The molecule has 24 heavy (non-hydrogen) atoms. The van der Waals surface area contributed by atoms with E-state index in [4.69, 9.17) is 0 Å². The molecule has 3 rings (SSSR count). The lowest BCUT2D eigenvalue weighted by molar-refractivity contribution is -0.126. The van der Waals surface area contributed by atoms with Crippen LogP contribution >= 0.6 is 11.3 Å². The van der Waals surface area contributed by atoms with E-state index < -0.39 is 0 Å². The van der Waals surface area contributed by atoms with Crippen LogP contribution in [0.15, 0.2) is 23.8 Å². The van der Waals surface area contributed by atoms with Gasteiger partial charge in [-0.2, -0.15) is 0 Å². The lowest BCUT2D eigenvalue weighted by Crippen LogP contribution is -2.42. The van der Waals surface area contributed by atoms with Gasteiger partial charge in [-0.05, 0) is 45.8 Å². The molecule has 1 saturated heterocycles. The van der Waals surface area contributed by atoms with E-state index in [2.05, 4.69) is 39.0 Å². The summed E-state index contributed by atoms with van der Waals surface area (Å²) in [7, 11) is 0. The van der Waals surface area contributed by atoms with E-state index in [0.717, 1.165) is 36.6 Å². The van der Waals surface area contributed by atoms with Crippen molar-refractivity contribution in [3.05, 3.63) is 29.5 Å². The van der Waals surface area contributed by atoms with E-state index in [9.17, 15) is 4.79 Å². The molecular weight excluding hydrogens is 322 g/mol. The van der Waals surface area contributed by atoms with Crippen LogP contribution in [0, 0.1) is 5.92 Å². The Balaban J connectivity index is 1.50. The second kappa shape index (κ2) is 7.81. The fourth-order valence-corrected chi connectivity index (χ4v) is 3.66. The third-order valence-corrected chi connectivity index (χ3v) is 5.27. The van der Waals surface area contributed by atoms with Crippen molar-refractivity contribution >= 4 is 17.2 Å². The first-order valence-electron chi connectivity index (χ1n) is 8.37. The van der Waals surface area contributed by atoms with Gasteiger partial charge in [0.15, 0.2) is 10.8 Å². The van der Waals surface area contributed by atoms with Gasteiger partial charge in [-0.15, -0.1) is 11.3 Å². The Labute approximate surface area is 146 Å². The highest BCUT2D eigenvalue weighted by Gasteiger charge is 2.25. The highest BCUT2D eigenvalue weighted by molar-refractivity contribution is 7.13. The molecule has 0 aliphatic carbocycles. The zero-order valence-electron chi connectivity index (χ0n) is 14.1. The molecule has 7 heteroatoms. The molecule has 1 amide bonds. The molecule has 3 heterocycles. The molecule has 1 aliphatic heterocycles. The first-order chi connectivity index (χ1) is 11.6. The van der Waals surface area contributed by atoms with Gasteiger partial charge in [0, 0.05) is 29.7 Å². The predicted molar refractivity (Wildman–Crippen MR) is 94.4 cm³/mol. The van der Waals surface area contributed by atoms with Gasteiger partial charge in [0.05, 0.1) is 12.2 Å². The molecule has 2 aromatic rings. The van der Waals surface area contributed by atoms with Crippen LogP contribution in [0.3, 0.4) is 0 Å². The largest absolute Gasteiger partial charge is 0.350 e. The van der Waals surface area contributed by atoms with Crippen LogP contribution in [0.1, 0.15) is 32.4 Å². The van der Waals surface area contributed by atoms with Crippen LogP contribution < -0.4 is 5.32 Å². The Bertz CT molecular complexity index is 665. The SMILES string of the molecule is CC(C)N1CCC(C(=O)NCc2csc(-c3ncccn3)n2)CC1. The summed E-state index contributed by atoms with van der Waals surface area (Å²) in [6, 6.07) is 2.34. The summed E-state index contributed by atoms with van der Waals surface area (Å²) in [5.41, 5.74) is 0.857. The molecule has 0 atom stereocenters. The molecule has 128 valence electrons. The molecule has 6 nitrogen and oxygen atoms in total. The zero-order valence-corrected chi connectivity index (χ0v) is 14.9. The Morgan fingerprint density at radius 2 is 2.04 bits per heavy atom. The Kier molecular flexibility index (Phi) is 5.52. The number of aromatic nitrogens is 3. The van der Waals surface area contributed by atoms with E-state index in [1.807, 2.05) is 5.38 Å². The fraction of sp³-hybridized carbons (Fsp3) is 0.529. The van der Waals surface area contributed by atoms with Crippen molar-refractivity contribution in [1.82, 2.24) is 25.2 Å². The summed E-state index contributed by atoms with van der Waals surface area (Å²) in [5.74, 6) is 0.889. The third-order valence-electron chi connectivity index (χ3n) is 4.38. The summed E-state index contributed by atoms with van der Waals surface area (Å²) in [4.78, 5) is 27.7. The monoisotopic (exact) mass is 345 g/mol. The van der Waals surface area contributed by atoms with Crippen molar-refractivity contribution < 1.29 is 4.79 Å². The topological polar surface area (TPSA) is 71.0 Å². The Morgan fingerprint density at radius 1 is 1.33 bits per heavy atom. The van der Waals surface area contributed by atoms with Gasteiger partial charge in [0.1, 0.15) is 0 Å². The Hall–Kier alpha value is -1.86. The number of carbonyl (C=O) groups is 1. The average Bonchev–Trinajstić information content (AvgIpc) is 3.09. The molecular formula is C17H23N5OS. The second-order valence-corrected chi connectivity index (χ2v) is 7.20. The minimum absolute atomic E-state index is 0.121. The zero-order chi connectivity index (χ0) is 16.9. The predicted octanol–water partition coefficient (Wildman–Crippen LogP) is 2.34. The number of hydrogen-bond donors (Lipinski definition) is 1. The van der Waals surface area contributed by atoms with E-state index >= 15 is 0 Å². The van der Waals surface area contributed by atoms with Crippen LogP contribution in [-0.4, -0.2) is 44.9 Å². The molecule has 1 N–H and O–H groups in total. The standard InChI is InChI=1S/C17H23N5OS/c1-12(2)22-8-4-13(5-9-22)16(23)20-10-14-11-24-17(21-14)15-18-6-3-7-19-15/h3,6-7,11-13H,4-5,8-10H2,1-2H3,(H,20,23). The summed E-state index contributed by atoms with van der Waals surface area (Å²) in [6.07, 6.45) is 5.28. The molecule has 0 saturated carbocycles. The van der Waals surface area contributed by atoms with Crippen LogP contribution in [0.2, 0.25) is 0 Å². The van der Waals surface area contributed by atoms with Gasteiger partial charge >= 0.3 is 0 Å². The van der Waals surface area contributed by atoms with Gasteiger partial charge in [0.2, 0.25) is 5.91 Å². The van der Waals surface area contributed by atoms with Crippen LogP contribution in [0.25, 0.3) is 10.8 Å². The van der Waals surface area contributed by atoms with Crippen molar-refractivity contribution in [2.45, 2.75) is 39.3 Å². The van der Waals surface area contributed by atoms with Crippen molar-refractivity contribution in [2.75, 3.05) is 13.1 Å². The molecule has 1 aliphatic rings. The number of nitrogens with zero attached hydrogens (tertiary/aromatic N) is 4. The lowest BCUT2D eigenvalue weighted by atomic mass is 9.95. The van der Waals surface area contributed by atoms with Crippen LogP contribution in [0.5, 0.6) is 0 Å². The quantitative estimate of drug-likeness (QED) is 0.900. The molecule has 2 aromatic heterocycles. The molecule has 0 aromatic carbocycles. The maximum Gasteiger partial charge on any atom is 0.223 e. The van der Waals surface area contributed by atoms with Gasteiger partial charge in [0.25, 0.3) is 0 Å². The fourth-order valence-electron chi connectivity index (χ4n) is 2.90. The summed E-state index contributed by atoms with van der Waals surface area (Å²) >= 11 is 1.50. The van der Waals surface area contributed by atoms with Crippen LogP contribution in [0.4, 0.5) is 0 Å². The number of thiazole rings is 1. The Morgan fingerprint density at radius 3 is 2.71 bits per heavy atom. The molecule has 0 bridgehead atoms. The summed E-state index contributed by atoms with van der Waals surface area (Å²) in [5, 5.41) is 5.76. The number of nitrogens with one attached hydrogen (secondary N) is 1. The van der Waals surface area contributed by atoms with Crippen molar-refractivity contribution in [3.63, 3.8) is 0 Å². The van der Waals surface area contributed by atoms with Gasteiger partial charge in [-0.25, -0.2) is 15.0 Å².